The van der Waals surface area contributed by atoms with E-state index >= 15 is 0 Å². The number of allylic oxidation sites excluding steroid dienone is 1. The molecule has 94 valence electrons. The number of hydrogen-bond acceptors (Lipinski definition) is 3. The third-order valence-electron chi connectivity index (χ3n) is 2.27. The molecule has 17 heavy (non-hydrogen) atoms. The first kappa shape index (κ1) is 15.9. The summed E-state index contributed by atoms with van der Waals surface area (Å²) in [6.07, 6.45) is 3.18. The van der Waals surface area contributed by atoms with Gasteiger partial charge in [0, 0.05) is 23.2 Å². The SMILES string of the molecule is C=CCC[C@H](N)c1cc([N+](=O)[O-])ccc1Cl.Cl. The van der Waals surface area contributed by atoms with E-state index in [1.807, 2.05) is 0 Å². The van der Waals surface area contributed by atoms with Gasteiger partial charge in [-0.2, -0.15) is 0 Å². The Hall–Kier alpha value is -1.10. The maximum absolute atomic E-state index is 10.6. The Morgan fingerprint density at radius 2 is 2.24 bits per heavy atom. The number of nitro groups is 1. The Kier molecular flexibility index (Phi) is 6.80. The normalized spacial score (nSPS) is 11.4. The van der Waals surface area contributed by atoms with Crippen LogP contribution in [0.2, 0.25) is 5.02 Å². The van der Waals surface area contributed by atoms with E-state index in [9.17, 15) is 10.1 Å². The predicted molar refractivity (Wildman–Crippen MR) is 71.7 cm³/mol. The summed E-state index contributed by atoms with van der Waals surface area (Å²) in [6.45, 7) is 3.60. The Morgan fingerprint density at radius 1 is 1.59 bits per heavy atom. The van der Waals surface area contributed by atoms with Gasteiger partial charge >= 0.3 is 0 Å². The van der Waals surface area contributed by atoms with Crippen molar-refractivity contribution in [3.05, 3.63) is 51.6 Å². The zero-order valence-electron chi connectivity index (χ0n) is 9.14. The quantitative estimate of drug-likeness (QED) is 0.507. The molecule has 0 heterocycles. The zero-order valence-corrected chi connectivity index (χ0v) is 10.7. The molecule has 0 bridgehead atoms. The number of nitrogens with zero attached hydrogens (tertiary/aromatic N) is 1. The van der Waals surface area contributed by atoms with Gasteiger partial charge in [0.2, 0.25) is 0 Å². The van der Waals surface area contributed by atoms with E-state index in [2.05, 4.69) is 6.58 Å². The Labute approximate surface area is 111 Å². The van der Waals surface area contributed by atoms with Crippen LogP contribution in [0.5, 0.6) is 0 Å². The van der Waals surface area contributed by atoms with Crippen LogP contribution >= 0.6 is 24.0 Å². The molecule has 0 unspecified atom stereocenters. The summed E-state index contributed by atoms with van der Waals surface area (Å²) < 4.78 is 0. The molecule has 0 aliphatic rings. The highest BCUT2D eigenvalue weighted by atomic mass is 35.5. The molecule has 0 aliphatic carbocycles. The minimum atomic E-state index is -0.458. The van der Waals surface area contributed by atoms with Crippen molar-refractivity contribution in [2.45, 2.75) is 18.9 Å². The lowest BCUT2D eigenvalue weighted by molar-refractivity contribution is -0.384. The third-order valence-corrected chi connectivity index (χ3v) is 2.62. The summed E-state index contributed by atoms with van der Waals surface area (Å²) in [6, 6.07) is 4.00. The molecule has 4 nitrogen and oxygen atoms in total. The van der Waals surface area contributed by atoms with Gasteiger partial charge in [-0.25, -0.2) is 0 Å². The fraction of sp³-hybridized carbons (Fsp3) is 0.273. The second-order valence-electron chi connectivity index (χ2n) is 3.44. The highest BCUT2D eigenvalue weighted by Gasteiger charge is 2.14. The molecule has 0 amide bonds. The predicted octanol–water partition coefficient (Wildman–Crippen LogP) is 3.64. The van der Waals surface area contributed by atoms with E-state index in [-0.39, 0.29) is 24.1 Å². The Balaban J connectivity index is 0.00000256. The van der Waals surface area contributed by atoms with Crippen molar-refractivity contribution in [2.75, 3.05) is 0 Å². The van der Waals surface area contributed by atoms with Crippen molar-refractivity contribution in [2.24, 2.45) is 5.73 Å². The van der Waals surface area contributed by atoms with Gasteiger partial charge in [0.05, 0.1) is 4.92 Å². The van der Waals surface area contributed by atoms with E-state index < -0.39 is 4.92 Å². The molecule has 0 saturated heterocycles. The fourth-order valence-corrected chi connectivity index (χ4v) is 1.64. The molecule has 2 N–H and O–H groups in total. The summed E-state index contributed by atoms with van der Waals surface area (Å²) in [5.41, 5.74) is 6.51. The van der Waals surface area contributed by atoms with Gasteiger partial charge in [0.1, 0.15) is 0 Å². The lowest BCUT2D eigenvalue weighted by Crippen LogP contribution is -2.10. The zero-order chi connectivity index (χ0) is 12.1. The molecule has 0 saturated carbocycles. The van der Waals surface area contributed by atoms with Crippen LogP contribution in [0.1, 0.15) is 24.4 Å². The first-order chi connectivity index (χ1) is 7.56. The molecular weight excluding hydrogens is 263 g/mol. The maximum Gasteiger partial charge on any atom is 0.269 e. The van der Waals surface area contributed by atoms with Gasteiger partial charge in [-0.05, 0) is 24.5 Å². The van der Waals surface area contributed by atoms with Crippen molar-refractivity contribution in [1.29, 1.82) is 0 Å². The van der Waals surface area contributed by atoms with Crippen molar-refractivity contribution >= 4 is 29.7 Å². The molecule has 1 aromatic carbocycles. The molecule has 1 atom stereocenters. The maximum atomic E-state index is 10.6. The van der Waals surface area contributed by atoms with Gasteiger partial charge in [-0.15, -0.1) is 19.0 Å². The van der Waals surface area contributed by atoms with E-state index in [4.69, 9.17) is 17.3 Å². The second-order valence-corrected chi connectivity index (χ2v) is 3.84. The average Bonchev–Trinajstić information content (AvgIpc) is 2.26. The number of rotatable bonds is 5. The van der Waals surface area contributed by atoms with Crippen LogP contribution in [-0.4, -0.2) is 4.92 Å². The van der Waals surface area contributed by atoms with Crippen LogP contribution in [-0.2, 0) is 0 Å². The monoisotopic (exact) mass is 276 g/mol. The van der Waals surface area contributed by atoms with Gasteiger partial charge in [0.15, 0.2) is 0 Å². The largest absolute Gasteiger partial charge is 0.324 e. The first-order valence-electron chi connectivity index (χ1n) is 4.86. The molecule has 0 spiro atoms. The highest BCUT2D eigenvalue weighted by Crippen LogP contribution is 2.28. The highest BCUT2D eigenvalue weighted by molar-refractivity contribution is 6.31. The fourth-order valence-electron chi connectivity index (χ4n) is 1.38. The second kappa shape index (κ2) is 7.27. The van der Waals surface area contributed by atoms with Crippen LogP contribution in [0.3, 0.4) is 0 Å². The van der Waals surface area contributed by atoms with Gasteiger partial charge in [-0.1, -0.05) is 17.7 Å². The van der Waals surface area contributed by atoms with Crippen LogP contribution in [0.25, 0.3) is 0 Å². The summed E-state index contributed by atoms with van der Waals surface area (Å²) in [4.78, 5) is 10.1. The standard InChI is InChI=1S/C11H13ClN2O2.ClH/c1-2-3-4-11(13)9-7-8(14(15)16)5-6-10(9)12;/h2,5-7,11H,1,3-4,13H2;1H/t11-;/m0./s1. The molecule has 1 rings (SSSR count). The Morgan fingerprint density at radius 3 is 2.76 bits per heavy atom. The van der Waals surface area contributed by atoms with E-state index in [1.54, 1.807) is 6.08 Å². The minimum absolute atomic E-state index is 0. The van der Waals surface area contributed by atoms with Crippen LogP contribution < -0.4 is 5.73 Å². The molecule has 0 aromatic heterocycles. The summed E-state index contributed by atoms with van der Waals surface area (Å²) in [7, 11) is 0. The molecule has 0 aliphatic heterocycles. The number of benzene rings is 1. The van der Waals surface area contributed by atoms with E-state index in [0.29, 0.717) is 17.0 Å². The number of nitrogens with two attached hydrogens (primary N) is 1. The van der Waals surface area contributed by atoms with Crippen molar-refractivity contribution in [1.82, 2.24) is 0 Å². The molecule has 1 aromatic rings. The lowest BCUT2D eigenvalue weighted by Gasteiger charge is -2.12. The van der Waals surface area contributed by atoms with Crippen molar-refractivity contribution in [3.63, 3.8) is 0 Å². The van der Waals surface area contributed by atoms with Crippen molar-refractivity contribution < 1.29 is 4.92 Å². The van der Waals surface area contributed by atoms with Gasteiger partial charge in [-0.3, -0.25) is 10.1 Å². The smallest absolute Gasteiger partial charge is 0.269 e. The third kappa shape index (κ3) is 4.34. The lowest BCUT2D eigenvalue weighted by atomic mass is 10.0. The number of nitro benzene ring substituents is 1. The molecule has 0 radical (unpaired) electrons. The minimum Gasteiger partial charge on any atom is -0.324 e. The van der Waals surface area contributed by atoms with Gasteiger partial charge < -0.3 is 5.73 Å². The van der Waals surface area contributed by atoms with Crippen LogP contribution in [0.15, 0.2) is 30.9 Å². The average molecular weight is 277 g/mol. The van der Waals surface area contributed by atoms with Crippen molar-refractivity contribution in [3.8, 4) is 0 Å². The summed E-state index contributed by atoms with van der Waals surface area (Å²) >= 11 is 5.95. The topological polar surface area (TPSA) is 69.2 Å². The van der Waals surface area contributed by atoms with E-state index in [1.165, 1.54) is 18.2 Å². The molecule has 0 fully saturated rings. The van der Waals surface area contributed by atoms with E-state index in [0.717, 1.165) is 6.42 Å². The van der Waals surface area contributed by atoms with Gasteiger partial charge in [0.25, 0.3) is 5.69 Å². The number of non-ortho nitro benzene ring substituents is 1. The van der Waals surface area contributed by atoms with Crippen LogP contribution in [0.4, 0.5) is 5.69 Å². The number of halogens is 2. The summed E-state index contributed by atoms with van der Waals surface area (Å²) in [5.74, 6) is 0. The summed E-state index contributed by atoms with van der Waals surface area (Å²) in [5, 5.41) is 11.1. The number of hydrogen-bond donors (Lipinski definition) is 1. The van der Waals surface area contributed by atoms with Crippen LogP contribution in [0, 0.1) is 10.1 Å². The molecular formula is C11H14Cl2N2O2. The first-order valence-corrected chi connectivity index (χ1v) is 5.24. The molecule has 6 heteroatoms. The Bertz CT molecular complexity index is 410.